The highest BCUT2D eigenvalue weighted by atomic mass is 16.3. The molecule has 1 aromatic carbocycles. The summed E-state index contributed by atoms with van der Waals surface area (Å²) in [5.74, 6) is 0.740. The van der Waals surface area contributed by atoms with Crippen LogP contribution in [-0.2, 0) is 6.42 Å². The predicted octanol–water partition coefficient (Wildman–Crippen LogP) is 2.01. The van der Waals surface area contributed by atoms with Crippen molar-refractivity contribution in [2.45, 2.75) is 44.2 Å². The summed E-state index contributed by atoms with van der Waals surface area (Å²) in [7, 11) is 4.22. The fourth-order valence-electron chi connectivity index (χ4n) is 3.48. The maximum atomic E-state index is 12.2. The van der Waals surface area contributed by atoms with E-state index >= 15 is 0 Å². The third-order valence-electron chi connectivity index (χ3n) is 4.69. The van der Waals surface area contributed by atoms with Gasteiger partial charge in [-0.05, 0) is 57.7 Å². The molecule has 3 N–H and O–H groups in total. The van der Waals surface area contributed by atoms with Crippen molar-refractivity contribution in [1.82, 2.24) is 15.5 Å². The van der Waals surface area contributed by atoms with E-state index in [1.165, 1.54) is 0 Å². The van der Waals surface area contributed by atoms with Gasteiger partial charge < -0.3 is 20.6 Å². The van der Waals surface area contributed by atoms with Gasteiger partial charge in [-0.3, -0.25) is 0 Å². The SMILES string of the molecule is CN(C)CC1CCC(NC(=O)NC(CO)Cc2ccccc2)CC1. The van der Waals surface area contributed by atoms with E-state index in [0.29, 0.717) is 6.42 Å². The number of carbonyl (C=O) groups is 1. The second-order valence-corrected chi connectivity index (χ2v) is 7.17. The molecule has 1 aromatic rings. The Kier molecular flexibility index (Phi) is 7.53. The Labute approximate surface area is 145 Å². The van der Waals surface area contributed by atoms with Crippen molar-refractivity contribution in [3.05, 3.63) is 35.9 Å². The molecule has 5 heteroatoms. The second kappa shape index (κ2) is 9.64. The lowest BCUT2D eigenvalue weighted by Crippen LogP contribution is -2.49. The highest BCUT2D eigenvalue weighted by Gasteiger charge is 2.23. The lowest BCUT2D eigenvalue weighted by Gasteiger charge is -2.31. The van der Waals surface area contributed by atoms with Gasteiger partial charge in [0.2, 0.25) is 0 Å². The Bertz CT molecular complexity index is 485. The number of urea groups is 1. The molecule has 1 atom stereocenters. The van der Waals surface area contributed by atoms with Crippen LogP contribution in [0, 0.1) is 5.92 Å². The van der Waals surface area contributed by atoms with E-state index in [9.17, 15) is 9.90 Å². The monoisotopic (exact) mass is 333 g/mol. The molecule has 1 fully saturated rings. The zero-order valence-electron chi connectivity index (χ0n) is 14.9. The fraction of sp³-hybridized carbons (Fsp3) is 0.632. The van der Waals surface area contributed by atoms with Crippen LogP contribution in [0.25, 0.3) is 0 Å². The molecule has 0 spiro atoms. The van der Waals surface area contributed by atoms with E-state index < -0.39 is 0 Å². The van der Waals surface area contributed by atoms with Crippen LogP contribution in [0.5, 0.6) is 0 Å². The number of nitrogens with one attached hydrogen (secondary N) is 2. The zero-order chi connectivity index (χ0) is 17.4. The van der Waals surface area contributed by atoms with Crippen molar-refractivity contribution in [3.8, 4) is 0 Å². The van der Waals surface area contributed by atoms with Crippen molar-refractivity contribution in [2.75, 3.05) is 27.2 Å². The molecule has 0 aromatic heterocycles. The number of amides is 2. The van der Waals surface area contributed by atoms with Crippen LogP contribution in [0.1, 0.15) is 31.2 Å². The number of benzene rings is 1. The molecule has 0 radical (unpaired) electrons. The first kappa shape index (κ1) is 18.7. The molecule has 2 amide bonds. The summed E-state index contributed by atoms with van der Waals surface area (Å²) in [6, 6.07) is 9.75. The lowest BCUT2D eigenvalue weighted by atomic mass is 9.86. The Morgan fingerprint density at radius 3 is 2.46 bits per heavy atom. The summed E-state index contributed by atoms with van der Waals surface area (Å²) in [6.07, 6.45) is 5.04. The van der Waals surface area contributed by atoms with Crippen molar-refractivity contribution in [2.24, 2.45) is 5.92 Å². The van der Waals surface area contributed by atoms with Gasteiger partial charge in [-0.15, -0.1) is 0 Å². The molecule has 0 heterocycles. The largest absolute Gasteiger partial charge is 0.394 e. The average Bonchev–Trinajstić information content (AvgIpc) is 2.56. The minimum Gasteiger partial charge on any atom is -0.394 e. The summed E-state index contributed by atoms with van der Waals surface area (Å²) >= 11 is 0. The van der Waals surface area contributed by atoms with E-state index in [1.807, 2.05) is 30.3 Å². The maximum Gasteiger partial charge on any atom is 0.315 e. The fourth-order valence-corrected chi connectivity index (χ4v) is 3.48. The quantitative estimate of drug-likeness (QED) is 0.715. The summed E-state index contributed by atoms with van der Waals surface area (Å²) in [5.41, 5.74) is 1.11. The zero-order valence-corrected chi connectivity index (χ0v) is 14.9. The number of hydrogen-bond acceptors (Lipinski definition) is 3. The van der Waals surface area contributed by atoms with Crippen molar-refractivity contribution in [1.29, 1.82) is 0 Å². The van der Waals surface area contributed by atoms with Crippen LogP contribution in [0.4, 0.5) is 4.79 Å². The first-order chi connectivity index (χ1) is 11.6. The molecule has 1 saturated carbocycles. The number of nitrogens with zero attached hydrogens (tertiary/aromatic N) is 1. The summed E-state index contributed by atoms with van der Waals surface area (Å²) < 4.78 is 0. The molecule has 0 saturated heterocycles. The van der Waals surface area contributed by atoms with Gasteiger partial charge in [0.05, 0.1) is 12.6 Å². The first-order valence-electron chi connectivity index (χ1n) is 8.93. The van der Waals surface area contributed by atoms with Crippen molar-refractivity contribution < 1.29 is 9.90 Å². The maximum absolute atomic E-state index is 12.2. The van der Waals surface area contributed by atoms with Gasteiger partial charge in [0.25, 0.3) is 0 Å². The van der Waals surface area contributed by atoms with Crippen LogP contribution in [0.2, 0.25) is 0 Å². The minimum atomic E-state index is -0.252. The number of hydrogen-bond donors (Lipinski definition) is 3. The van der Waals surface area contributed by atoms with Gasteiger partial charge in [0.1, 0.15) is 0 Å². The lowest BCUT2D eigenvalue weighted by molar-refractivity contribution is 0.202. The van der Waals surface area contributed by atoms with Crippen LogP contribution >= 0.6 is 0 Å². The standard InChI is InChI=1S/C19H31N3O2/c1-22(2)13-16-8-10-17(11-9-16)20-19(24)21-18(14-23)12-15-6-4-3-5-7-15/h3-7,16-18,23H,8-14H2,1-2H3,(H2,20,21,24). The third kappa shape index (κ3) is 6.49. The highest BCUT2D eigenvalue weighted by molar-refractivity contribution is 5.74. The number of carbonyl (C=O) groups excluding carboxylic acids is 1. The van der Waals surface area contributed by atoms with E-state index in [1.54, 1.807) is 0 Å². The van der Waals surface area contributed by atoms with E-state index in [4.69, 9.17) is 0 Å². The van der Waals surface area contributed by atoms with Crippen molar-refractivity contribution >= 4 is 6.03 Å². The molecule has 2 rings (SSSR count). The van der Waals surface area contributed by atoms with Gasteiger partial charge in [0.15, 0.2) is 0 Å². The molecule has 1 aliphatic carbocycles. The Hall–Kier alpha value is -1.59. The molecule has 24 heavy (non-hydrogen) atoms. The normalized spacial score (nSPS) is 22.2. The van der Waals surface area contributed by atoms with Crippen LogP contribution in [0.15, 0.2) is 30.3 Å². The van der Waals surface area contributed by atoms with Gasteiger partial charge in [-0.2, -0.15) is 0 Å². The van der Waals surface area contributed by atoms with Crippen LogP contribution in [0.3, 0.4) is 0 Å². The minimum absolute atomic E-state index is 0.0576. The van der Waals surface area contributed by atoms with Crippen molar-refractivity contribution in [3.63, 3.8) is 0 Å². The molecule has 134 valence electrons. The molecular weight excluding hydrogens is 302 g/mol. The van der Waals surface area contributed by atoms with E-state index in [2.05, 4.69) is 29.6 Å². The predicted molar refractivity (Wildman–Crippen MR) is 97.0 cm³/mol. The summed E-state index contributed by atoms with van der Waals surface area (Å²) in [4.78, 5) is 14.4. The van der Waals surface area contributed by atoms with Gasteiger partial charge in [0, 0.05) is 12.6 Å². The number of aliphatic hydroxyl groups excluding tert-OH is 1. The molecule has 5 nitrogen and oxygen atoms in total. The average molecular weight is 333 g/mol. The smallest absolute Gasteiger partial charge is 0.315 e. The van der Waals surface area contributed by atoms with Gasteiger partial charge in [-0.1, -0.05) is 30.3 Å². The summed E-state index contributed by atoms with van der Waals surface area (Å²) in [5, 5.41) is 15.5. The molecule has 1 aliphatic rings. The summed E-state index contributed by atoms with van der Waals surface area (Å²) in [6.45, 7) is 1.07. The van der Waals surface area contributed by atoms with Gasteiger partial charge in [-0.25, -0.2) is 4.79 Å². The van der Waals surface area contributed by atoms with E-state index in [0.717, 1.165) is 43.7 Å². The van der Waals surface area contributed by atoms with Crippen LogP contribution in [-0.4, -0.2) is 55.4 Å². The van der Waals surface area contributed by atoms with Crippen LogP contribution < -0.4 is 10.6 Å². The Morgan fingerprint density at radius 2 is 1.88 bits per heavy atom. The molecule has 0 aliphatic heterocycles. The van der Waals surface area contributed by atoms with Gasteiger partial charge >= 0.3 is 6.03 Å². The number of rotatable bonds is 7. The van der Waals surface area contributed by atoms with E-state index in [-0.39, 0.29) is 24.7 Å². The molecular formula is C19H31N3O2. The molecule has 1 unspecified atom stereocenters. The molecule has 0 bridgehead atoms. The first-order valence-corrected chi connectivity index (χ1v) is 8.93. The Balaban J connectivity index is 1.72. The number of aliphatic hydroxyl groups is 1. The Morgan fingerprint density at radius 1 is 1.21 bits per heavy atom. The highest BCUT2D eigenvalue weighted by Crippen LogP contribution is 2.24. The second-order valence-electron chi connectivity index (χ2n) is 7.17. The topological polar surface area (TPSA) is 64.6 Å². The third-order valence-corrected chi connectivity index (χ3v) is 4.69.